The van der Waals surface area contributed by atoms with Crippen LogP contribution in [0.4, 0.5) is 23.7 Å². The molecule has 32 heavy (non-hydrogen) atoms. The number of carbonyl (C=O) groups excluding carboxylic acids is 1. The molecule has 0 aliphatic carbocycles. The van der Waals surface area contributed by atoms with Gasteiger partial charge in [0.25, 0.3) is 0 Å². The molecule has 1 aliphatic heterocycles. The molecule has 0 spiro atoms. The van der Waals surface area contributed by atoms with E-state index in [0.29, 0.717) is 11.3 Å². The lowest BCUT2D eigenvalue weighted by Crippen LogP contribution is -2.50. The normalized spacial score (nSPS) is 20.4. The minimum atomic E-state index is -4.78. The molecule has 1 saturated heterocycles. The molecule has 3 atom stereocenters. The molecule has 3 rings (SSSR count). The number of amides is 2. The molecule has 1 fully saturated rings. The quantitative estimate of drug-likeness (QED) is 0.473. The minimum Gasteiger partial charge on any atom is -0.406 e. The summed E-state index contributed by atoms with van der Waals surface area (Å²) in [5, 5.41) is 0. The van der Waals surface area contributed by atoms with E-state index in [9.17, 15) is 18.0 Å². The molecule has 174 valence electrons. The second-order valence-electron chi connectivity index (χ2n) is 9.16. The summed E-state index contributed by atoms with van der Waals surface area (Å²) < 4.78 is 42.7. The molecule has 2 aromatic carbocycles. The number of hydrogen-bond donors (Lipinski definition) is 0. The Balaban J connectivity index is 2.14. The van der Waals surface area contributed by atoms with Crippen LogP contribution < -0.4 is 9.64 Å². The van der Waals surface area contributed by atoms with Gasteiger partial charge in [-0.3, -0.25) is 4.90 Å². The highest BCUT2D eigenvalue weighted by molar-refractivity contribution is 5.97. The van der Waals surface area contributed by atoms with Gasteiger partial charge in [0.15, 0.2) is 0 Å². The molecule has 1 heterocycles. The van der Waals surface area contributed by atoms with Gasteiger partial charge >= 0.3 is 12.4 Å². The Morgan fingerprint density at radius 2 is 1.72 bits per heavy atom. The van der Waals surface area contributed by atoms with Crippen molar-refractivity contribution in [2.24, 2.45) is 5.92 Å². The zero-order valence-electron chi connectivity index (χ0n) is 19.4. The van der Waals surface area contributed by atoms with Crippen LogP contribution in [0.1, 0.15) is 58.2 Å². The lowest BCUT2D eigenvalue weighted by molar-refractivity contribution is -0.274. The lowest BCUT2D eigenvalue weighted by atomic mass is 9.85. The van der Waals surface area contributed by atoms with Crippen LogP contribution in [0.5, 0.6) is 5.75 Å². The van der Waals surface area contributed by atoms with Crippen LogP contribution in [0.2, 0.25) is 0 Å². The molecule has 0 radical (unpaired) electrons. The van der Waals surface area contributed by atoms with E-state index in [1.54, 1.807) is 11.0 Å². The highest BCUT2D eigenvalue weighted by Crippen LogP contribution is 2.48. The number of alkyl halides is 3. The number of ether oxygens (including phenoxy) is 1. The number of urea groups is 1. The first kappa shape index (κ1) is 24.0. The Bertz CT molecular complexity index is 956. The van der Waals surface area contributed by atoms with Crippen LogP contribution in [-0.2, 0) is 0 Å². The third-order valence-electron chi connectivity index (χ3n) is 6.55. The second kappa shape index (κ2) is 8.68. The highest BCUT2D eigenvalue weighted by atomic mass is 19.4. The van der Waals surface area contributed by atoms with E-state index in [4.69, 9.17) is 0 Å². The van der Waals surface area contributed by atoms with Crippen molar-refractivity contribution in [2.45, 2.75) is 71.9 Å². The van der Waals surface area contributed by atoms with E-state index >= 15 is 0 Å². The van der Waals surface area contributed by atoms with Gasteiger partial charge in [-0.25, -0.2) is 4.79 Å². The molecule has 7 heteroatoms. The van der Waals surface area contributed by atoms with Crippen molar-refractivity contribution in [3.05, 3.63) is 59.7 Å². The van der Waals surface area contributed by atoms with Crippen LogP contribution in [0.15, 0.2) is 48.5 Å². The summed E-state index contributed by atoms with van der Waals surface area (Å²) in [6.45, 7) is 12.1. The fraction of sp³-hybridized carbons (Fsp3) is 0.480. The highest BCUT2D eigenvalue weighted by Gasteiger charge is 2.54. The van der Waals surface area contributed by atoms with Crippen LogP contribution in [0.3, 0.4) is 0 Å². The summed E-state index contributed by atoms with van der Waals surface area (Å²) in [4.78, 5) is 17.4. The number of carbonyl (C=O) groups is 1. The third kappa shape index (κ3) is 4.57. The van der Waals surface area contributed by atoms with Crippen molar-refractivity contribution in [3.63, 3.8) is 0 Å². The van der Waals surface area contributed by atoms with Gasteiger partial charge in [-0.05, 0) is 63.4 Å². The zero-order valence-corrected chi connectivity index (χ0v) is 19.4. The van der Waals surface area contributed by atoms with Crippen molar-refractivity contribution in [1.82, 2.24) is 4.90 Å². The van der Waals surface area contributed by atoms with Crippen molar-refractivity contribution >= 4 is 11.7 Å². The Kier molecular flexibility index (Phi) is 6.50. The van der Waals surface area contributed by atoms with Gasteiger partial charge < -0.3 is 9.64 Å². The molecule has 1 aliphatic rings. The number of rotatable bonds is 6. The van der Waals surface area contributed by atoms with Gasteiger partial charge in [-0.15, -0.1) is 13.2 Å². The van der Waals surface area contributed by atoms with Crippen LogP contribution in [-0.4, -0.2) is 28.9 Å². The monoisotopic (exact) mass is 448 g/mol. The van der Waals surface area contributed by atoms with Crippen molar-refractivity contribution in [2.75, 3.05) is 4.90 Å². The predicted molar refractivity (Wildman–Crippen MR) is 120 cm³/mol. The van der Waals surface area contributed by atoms with Crippen molar-refractivity contribution < 1.29 is 22.7 Å². The van der Waals surface area contributed by atoms with Gasteiger partial charge in [0.05, 0.1) is 11.6 Å². The van der Waals surface area contributed by atoms with Gasteiger partial charge in [-0.1, -0.05) is 50.1 Å². The fourth-order valence-electron chi connectivity index (χ4n) is 4.62. The first-order valence-corrected chi connectivity index (χ1v) is 10.9. The topological polar surface area (TPSA) is 32.8 Å². The standard InChI is InChI=1S/C25H31F3N2O2/c1-7-17(3)18(4)30-23(31)29(20-13-11-16(2)12-14-20)22(24(30,5)6)19-9-8-10-21(15-19)32-25(26,27)28/h8-15,17-18,22H,7H2,1-6H3/t17-,18?,22+/m0/s1. The van der Waals surface area contributed by atoms with Crippen LogP contribution >= 0.6 is 0 Å². The summed E-state index contributed by atoms with van der Waals surface area (Å²) >= 11 is 0. The van der Waals surface area contributed by atoms with Crippen LogP contribution in [0, 0.1) is 12.8 Å². The number of benzene rings is 2. The summed E-state index contributed by atoms with van der Waals surface area (Å²) in [6.07, 6.45) is -3.88. The van der Waals surface area contributed by atoms with E-state index < -0.39 is 17.9 Å². The molecule has 2 amide bonds. The van der Waals surface area contributed by atoms with E-state index in [1.807, 2.05) is 56.9 Å². The average Bonchev–Trinajstić information content (AvgIpc) is 2.91. The largest absolute Gasteiger partial charge is 0.573 e. The summed E-state index contributed by atoms with van der Waals surface area (Å²) in [5.41, 5.74) is 1.67. The SMILES string of the molecule is CC[C@H](C)C(C)N1C(=O)N(c2ccc(C)cc2)[C@H](c2cccc(OC(F)(F)F)c2)C1(C)C. The molecule has 0 saturated carbocycles. The Morgan fingerprint density at radius 3 is 2.28 bits per heavy atom. The van der Waals surface area contributed by atoms with E-state index in [-0.39, 0.29) is 23.7 Å². The van der Waals surface area contributed by atoms with Gasteiger partial charge in [0.2, 0.25) is 0 Å². The average molecular weight is 449 g/mol. The van der Waals surface area contributed by atoms with Crippen LogP contribution in [0.25, 0.3) is 0 Å². The van der Waals surface area contributed by atoms with Gasteiger partial charge in [-0.2, -0.15) is 0 Å². The number of anilines is 1. The number of nitrogens with zero attached hydrogens (tertiary/aromatic N) is 2. The third-order valence-corrected chi connectivity index (χ3v) is 6.55. The van der Waals surface area contributed by atoms with E-state index in [0.717, 1.165) is 12.0 Å². The molecule has 1 unspecified atom stereocenters. The fourth-order valence-corrected chi connectivity index (χ4v) is 4.62. The minimum absolute atomic E-state index is 0.0462. The number of hydrogen-bond acceptors (Lipinski definition) is 2. The molecule has 0 aromatic heterocycles. The van der Waals surface area contributed by atoms with E-state index in [2.05, 4.69) is 18.6 Å². The first-order chi connectivity index (χ1) is 14.9. The maximum atomic E-state index is 13.8. The number of halogens is 3. The Morgan fingerprint density at radius 1 is 1.09 bits per heavy atom. The van der Waals surface area contributed by atoms with Crippen molar-refractivity contribution in [1.29, 1.82) is 0 Å². The molecular weight excluding hydrogens is 417 g/mol. The van der Waals surface area contributed by atoms with E-state index in [1.165, 1.54) is 18.2 Å². The number of aryl methyl sites for hydroxylation is 1. The summed E-state index contributed by atoms with van der Waals surface area (Å²) in [5.74, 6) is -0.0349. The van der Waals surface area contributed by atoms with Crippen molar-refractivity contribution in [3.8, 4) is 5.75 Å². The maximum Gasteiger partial charge on any atom is 0.573 e. The molecule has 4 nitrogen and oxygen atoms in total. The molecule has 0 bridgehead atoms. The Hall–Kier alpha value is -2.70. The lowest BCUT2D eigenvalue weighted by Gasteiger charge is -2.40. The second-order valence-corrected chi connectivity index (χ2v) is 9.16. The van der Waals surface area contributed by atoms with Gasteiger partial charge in [0.1, 0.15) is 5.75 Å². The molecular formula is C25H31F3N2O2. The summed E-state index contributed by atoms with van der Waals surface area (Å²) in [6, 6.07) is 12.9. The summed E-state index contributed by atoms with van der Waals surface area (Å²) in [7, 11) is 0. The maximum absolute atomic E-state index is 13.8. The zero-order chi connectivity index (χ0) is 23.8. The van der Waals surface area contributed by atoms with Gasteiger partial charge in [0, 0.05) is 11.7 Å². The molecule has 0 N–H and O–H groups in total. The smallest absolute Gasteiger partial charge is 0.406 e. The first-order valence-electron chi connectivity index (χ1n) is 10.9. The Labute approximate surface area is 188 Å². The molecule has 2 aromatic rings. The predicted octanol–water partition coefficient (Wildman–Crippen LogP) is 7.09.